The van der Waals surface area contributed by atoms with Gasteiger partial charge in [-0.25, -0.2) is 4.79 Å². The van der Waals surface area contributed by atoms with E-state index in [4.69, 9.17) is 10.5 Å². The van der Waals surface area contributed by atoms with Crippen LogP contribution in [-0.4, -0.2) is 28.0 Å². The van der Waals surface area contributed by atoms with Crippen molar-refractivity contribution in [3.8, 4) is 5.75 Å². The van der Waals surface area contributed by atoms with E-state index in [-0.39, 0.29) is 22.5 Å². The van der Waals surface area contributed by atoms with Crippen LogP contribution in [0.25, 0.3) is 0 Å². The summed E-state index contributed by atoms with van der Waals surface area (Å²) >= 11 is 0. The number of carbonyl (C=O) groups is 1. The molecule has 1 aliphatic carbocycles. The van der Waals surface area contributed by atoms with Crippen LogP contribution in [-0.2, 0) is 14.9 Å². The number of aliphatic carboxylic acids is 1. The number of ether oxygens (including phenoxy) is 1. The average molecular weight is 301 g/mol. The lowest BCUT2D eigenvalue weighted by Crippen LogP contribution is -2.47. The fourth-order valence-electron chi connectivity index (χ4n) is 2.25. The Kier molecular flexibility index (Phi) is 3.64. The smallest absolute Gasteiger partial charge is 0.359 e. The Bertz CT molecular complexity index is 594. The van der Waals surface area contributed by atoms with Crippen molar-refractivity contribution in [2.75, 3.05) is 7.11 Å². The molecule has 110 valence electrons. The first-order chi connectivity index (χ1) is 9.21. The number of carboxylic acids is 1. The van der Waals surface area contributed by atoms with Crippen molar-refractivity contribution in [2.45, 2.75) is 18.4 Å². The molecule has 0 saturated heterocycles. The zero-order valence-corrected chi connectivity index (χ0v) is 11.7. The molecule has 1 saturated carbocycles. The van der Waals surface area contributed by atoms with Crippen molar-refractivity contribution in [1.82, 2.24) is 0 Å². The molecule has 2 rings (SSSR count). The van der Waals surface area contributed by atoms with Gasteiger partial charge in [-0.2, -0.15) is 0 Å². The van der Waals surface area contributed by atoms with Gasteiger partial charge in [-0.15, -0.1) is 0 Å². The van der Waals surface area contributed by atoms with E-state index < -0.39 is 19.1 Å². The van der Waals surface area contributed by atoms with E-state index >= 15 is 0 Å². The highest BCUT2D eigenvalue weighted by Crippen LogP contribution is 2.46. The quantitative estimate of drug-likeness (QED) is 0.569. The molecule has 1 unspecified atom stereocenters. The summed E-state index contributed by atoms with van der Waals surface area (Å²) in [6.45, 7) is 0. The number of rotatable bonds is 5. The van der Waals surface area contributed by atoms with Gasteiger partial charge in [-0.3, -0.25) is 4.57 Å². The summed E-state index contributed by atoms with van der Waals surface area (Å²) in [5, 5.41) is 9.08. The highest BCUT2D eigenvalue weighted by Gasteiger charge is 2.50. The fraction of sp³-hybridized carbons (Fsp3) is 0.417. The normalized spacial score (nSPS) is 18.4. The van der Waals surface area contributed by atoms with E-state index in [0.717, 1.165) is 0 Å². The number of carboxylic acid groups (broad SMARTS) is 1. The molecule has 0 heterocycles. The van der Waals surface area contributed by atoms with Gasteiger partial charge in [0.05, 0.1) is 7.11 Å². The topological polar surface area (TPSA) is 130 Å². The van der Waals surface area contributed by atoms with Gasteiger partial charge in [0.25, 0.3) is 0 Å². The van der Waals surface area contributed by atoms with Gasteiger partial charge in [0.1, 0.15) is 16.6 Å². The molecular formula is C12H16NO6P. The average Bonchev–Trinajstić information content (AvgIpc) is 3.20. The number of benzene rings is 1. The molecule has 1 fully saturated rings. The molecule has 8 heteroatoms. The zero-order chi connectivity index (χ0) is 15.1. The maximum atomic E-state index is 11.5. The van der Waals surface area contributed by atoms with Crippen LogP contribution in [0.15, 0.2) is 18.2 Å². The number of hydrogen-bond donors (Lipinski definition) is 4. The van der Waals surface area contributed by atoms with Crippen LogP contribution in [0.3, 0.4) is 0 Å². The first-order valence-corrected chi connectivity index (χ1v) is 7.59. The van der Waals surface area contributed by atoms with Crippen molar-refractivity contribution >= 4 is 18.9 Å². The van der Waals surface area contributed by atoms with Gasteiger partial charge in [0, 0.05) is 0 Å². The second kappa shape index (κ2) is 4.86. The lowest BCUT2D eigenvalue weighted by molar-refractivity contribution is -0.144. The van der Waals surface area contributed by atoms with Crippen molar-refractivity contribution < 1.29 is 29.0 Å². The minimum atomic E-state index is -4.49. The predicted octanol–water partition coefficient (Wildman–Crippen LogP) is 0.147. The third-order valence-electron chi connectivity index (χ3n) is 3.55. The molecule has 0 bridgehead atoms. The molecule has 5 N–H and O–H groups in total. The van der Waals surface area contributed by atoms with E-state index in [2.05, 4.69) is 0 Å². The van der Waals surface area contributed by atoms with Crippen LogP contribution >= 0.6 is 7.60 Å². The van der Waals surface area contributed by atoms with Crippen LogP contribution in [0.1, 0.15) is 18.4 Å². The minimum Gasteiger partial charge on any atom is -0.496 e. The van der Waals surface area contributed by atoms with Crippen molar-refractivity contribution in [3.63, 3.8) is 0 Å². The Hall–Kier alpha value is -1.40. The second-order valence-corrected chi connectivity index (χ2v) is 6.45. The monoisotopic (exact) mass is 301 g/mol. The molecule has 0 spiro atoms. The number of nitrogens with two attached hydrogens (primary N) is 1. The molecule has 1 aromatic rings. The second-order valence-electron chi connectivity index (χ2n) is 4.88. The Balaban J connectivity index is 2.54. The lowest BCUT2D eigenvalue weighted by atomic mass is 9.86. The molecule has 1 atom stereocenters. The molecule has 7 nitrogen and oxygen atoms in total. The molecule has 0 amide bonds. The van der Waals surface area contributed by atoms with Gasteiger partial charge >= 0.3 is 13.6 Å². The summed E-state index contributed by atoms with van der Waals surface area (Å²) in [5.74, 6) is -1.40. The Labute approximate surface area is 115 Å². The van der Waals surface area contributed by atoms with Gasteiger partial charge in [0.15, 0.2) is 0 Å². The third kappa shape index (κ3) is 2.45. The van der Waals surface area contributed by atoms with E-state index in [1.165, 1.54) is 25.3 Å². The van der Waals surface area contributed by atoms with Crippen molar-refractivity contribution in [1.29, 1.82) is 0 Å². The maximum Gasteiger partial charge on any atom is 0.359 e. The summed E-state index contributed by atoms with van der Waals surface area (Å²) < 4.78 is 16.3. The molecule has 0 aliphatic heterocycles. The summed E-state index contributed by atoms with van der Waals surface area (Å²) in [4.78, 5) is 29.9. The van der Waals surface area contributed by atoms with E-state index in [0.29, 0.717) is 12.8 Å². The molecular weight excluding hydrogens is 285 g/mol. The van der Waals surface area contributed by atoms with Crippen LogP contribution in [0.2, 0.25) is 0 Å². The predicted molar refractivity (Wildman–Crippen MR) is 70.9 cm³/mol. The van der Waals surface area contributed by atoms with Crippen LogP contribution in [0.4, 0.5) is 0 Å². The zero-order valence-electron chi connectivity index (χ0n) is 10.8. The molecule has 1 aromatic carbocycles. The molecule has 1 aliphatic rings. The Morgan fingerprint density at radius 3 is 2.45 bits per heavy atom. The standard InChI is InChI=1S/C12H16NO6P/c1-19-9-6-8(4-5-10(9)20(16,17)18)12(13,11(14)15)7-2-3-7/h4-7H,2-3,13H2,1H3,(H,14,15)(H2,16,17,18). The van der Waals surface area contributed by atoms with Crippen LogP contribution < -0.4 is 15.8 Å². The summed E-state index contributed by atoms with van der Waals surface area (Å²) in [5.41, 5.74) is 4.73. The van der Waals surface area contributed by atoms with E-state index in [1.54, 1.807) is 0 Å². The van der Waals surface area contributed by atoms with Gasteiger partial charge in [-0.05, 0) is 36.5 Å². The summed E-state index contributed by atoms with van der Waals surface area (Å²) in [6.07, 6.45) is 1.43. The Morgan fingerprint density at radius 1 is 1.45 bits per heavy atom. The summed E-state index contributed by atoms with van der Waals surface area (Å²) in [7, 11) is -3.23. The van der Waals surface area contributed by atoms with Gasteiger partial charge < -0.3 is 25.4 Å². The number of hydrogen-bond acceptors (Lipinski definition) is 4. The lowest BCUT2D eigenvalue weighted by Gasteiger charge is -2.26. The van der Waals surface area contributed by atoms with Crippen LogP contribution in [0, 0.1) is 5.92 Å². The molecule has 0 radical (unpaired) electrons. The number of methoxy groups -OCH3 is 1. The van der Waals surface area contributed by atoms with Crippen molar-refractivity contribution in [2.24, 2.45) is 11.7 Å². The Morgan fingerprint density at radius 2 is 2.05 bits per heavy atom. The third-order valence-corrected chi connectivity index (χ3v) is 4.54. The van der Waals surface area contributed by atoms with Crippen molar-refractivity contribution in [3.05, 3.63) is 23.8 Å². The van der Waals surface area contributed by atoms with Gasteiger partial charge in [-0.1, -0.05) is 6.07 Å². The highest BCUT2D eigenvalue weighted by atomic mass is 31.2. The molecule has 20 heavy (non-hydrogen) atoms. The first kappa shape index (κ1) is 15.0. The highest BCUT2D eigenvalue weighted by molar-refractivity contribution is 7.60. The summed E-state index contributed by atoms with van der Waals surface area (Å²) in [6, 6.07) is 3.80. The molecule has 0 aromatic heterocycles. The first-order valence-electron chi connectivity index (χ1n) is 5.98. The SMILES string of the molecule is COc1cc(C(N)(C(=O)O)C2CC2)ccc1P(=O)(O)O. The largest absolute Gasteiger partial charge is 0.496 e. The van der Waals surface area contributed by atoms with E-state index in [9.17, 15) is 24.3 Å². The fourth-order valence-corrected chi connectivity index (χ4v) is 2.96. The minimum absolute atomic E-state index is 0.0624. The van der Waals surface area contributed by atoms with E-state index in [1.807, 2.05) is 0 Å². The van der Waals surface area contributed by atoms with Crippen LogP contribution in [0.5, 0.6) is 5.75 Å². The maximum absolute atomic E-state index is 11.5. The van der Waals surface area contributed by atoms with Gasteiger partial charge in [0.2, 0.25) is 0 Å².